The van der Waals surface area contributed by atoms with Gasteiger partial charge in [-0.15, -0.1) is 11.3 Å². The van der Waals surface area contributed by atoms with E-state index < -0.39 is 0 Å². The fourth-order valence-corrected chi connectivity index (χ4v) is 2.10. The molecule has 0 N–H and O–H groups in total. The third kappa shape index (κ3) is 0.922. The van der Waals surface area contributed by atoms with Gasteiger partial charge in [-0.2, -0.15) is 0 Å². The van der Waals surface area contributed by atoms with Gasteiger partial charge in [0.1, 0.15) is 11.0 Å². The molecule has 0 unspecified atom stereocenters. The van der Waals surface area contributed by atoms with Crippen molar-refractivity contribution in [3.63, 3.8) is 0 Å². The Kier molecular flexibility index (Phi) is 1.31. The second-order valence-electron chi connectivity index (χ2n) is 2.70. The Labute approximate surface area is 78.1 Å². The van der Waals surface area contributed by atoms with Crippen LogP contribution in [0.25, 0.3) is 21.3 Å². The highest BCUT2D eigenvalue weighted by Gasteiger charge is 2.03. The number of aromatic nitrogens is 3. The van der Waals surface area contributed by atoms with Gasteiger partial charge in [0.05, 0.1) is 21.9 Å². The monoisotopic (exact) mass is 187 g/mol. The zero-order chi connectivity index (χ0) is 8.67. The molecule has 3 heterocycles. The van der Waals surface area contributed by atoms with Crippen molar-refractivity contribution in [2.24, 2.45) is 0 Å². The minimum absolute atomic E-state index is 0.927. The van der Waals surface area contributed by atoms with E-state index in [-0.39, 0.29) is 0 Å². The SMILES string of the molecule is c1cnc2c(c1)ncc1ncsc12. The summed E-state index contributed by atoms with van der Waals surface area (Å²) >= 11 is 1.60. The largest absolute Gasteiger partial charge is 0.253 e. The molecule has 0 aliphatic carbocycles. The Morgan fingerprint density at radius 1 is 1.08 bits per heavy atom. The zero-order valence-electron chi connectivity index (χ0n) is 6.64. The highest BCUT2D eigenvalue weighted by molar-refractivity contribution is 7.17. The molecule has 3 aromatic heterocycles. The van der Waals surface area contributed by atoms with Crippen molar-refractivity contribution >= 4 is 32.6 Å². The number of hydrogen-bond donors (Lipinski definition) is 0. The van der Waals surface area contributed by atoms with E-state index in [9.17, 15) is 0 Å². The van der Waals surface area contributed by atoms with E-state index in [0.717, 1.165) is 21.3 Å². The van der Waals surface area contributed by atoms with E-state index >= 15 is 0 Å². The quantitative estimate of drug-likeness (QED) is 0.541. The zero-order valence-corrected chi connectivity index (χ0v) is 7.45. The third-order valence-electron chi connectivity index (χ3n) is 1.92. The fraction of sp³-hybridized carbons (Fsp3) is 0. The number of nitrogens with zero attached hydrogens (tertiary/aromatic N) is 3. The molecule has 4 heteroatoms. The molecule has 3 rings (SSSR count). The van der Waals surface area contributed by atoms with Gasteiger partial charge in [-0.1, -0.05) is 0 Å². The van der Waals surface area contributed by atoms with Gasteiger partial charge in [-0.3, -0.25) is 9.97 Å². The smallest absolute Gasteiger partial charge is 0.108 e. The molecule has 0 saturated carbocycles. The Balaban J connectivity index is 2.65. The normalized spacial score (nSPS) is 11.1. The molecule has 62 valence electrons. The summed E-state index contributed by atoms with van der Waals surface area (Å²) in [5, 5.41) is 0. The minimum Gasteiger partial charge on any atom is -0.253 e. The summed E-state index contributed by atoms with van der Waals surface area (Å²) in [7, 11) is 0. The molecule has 3 nitrogen and oxygen atoms in total. The lowest BCUT2D eigenvalue weighted by Crippen LogP contribution is -1.81. The summed E-state index contributed by atoms with van der Waals surface area (Å²) in [6.07, 6.45) is 3.57. The van der Waals surface area contributed by atoms with E-state index in [0.29, 0.717) is 0 Å². The number of rotatable bonds is 0. The van der Waals surface area contributed by atoms with Crippen LogP contribution in [0, 0.1) is 0 Å². The molecular formula is C9H5N3S. The van der Waals surface area contributed by atoms with Crippen molar-refractivity contribution in [3.8, 4) is 0 Å². The van der Waals surface area contributed by atoms with E-state index in [1.165, 1.54) is 0 Å². The minimum atomic E-state index is 0.927. The van der Waals surface area contributed by atoms with Crippen molar-refractivity contribution in [1.29, 1.82) is 0 Å². The van der Waals surface area contributed by atoms with Crippen LogP contribution >= 0.6 is 11.3 Å². The van der Waals surface area contributed by atoms with Crippen molar-refractivity contribution in [3.05, 3.63) is 30.0 Å². The van der Waals surface area contributed by atoms with Crippen LogP contribution in [0.1, 0.15) is 0 Å². The Morgan fingerprint density at radius 3 is 3.08 bits per heavy atom. The molecule has 0 aromatic carbocycles. The summed E-state index contributed by atoms with van der Waals surface area (Å²) in [5.41, 5.74) is 4.62. The van der Waals surface area contributed by atoms with Gasteiger partial charge in [0, 0.05) is 6.20 Å². The molecule has 0 bridgehead atoms. The molecule has 0 saturated heterocycles. The topological polar surface area (TPSA) is 38.7 Å². The highest BCUT2D eigenvalue weighted by atomic mass is 32.1. The predicted molar refractivity (Wildman–Crippen MR) is 52.7 cm³/mol. The maximum atomic E-state index is 4.29. The van der Waals surface area contributed by atoms with Crippen LogP contribution in [-0.2, 0) is 0 Å². The van der Waals surface area contributed by atoms with Crippen LogP contribution in [0.5, 0.6) is 0 Å². The molecule has 3 aromatic rings. The van der Waals surface area contributed by atoms with Crippen molar-refractivity contribution in [2.75, 3.05) is 0 Å². The van der Waals surface area contributed by atoms with E-state index in [1.54, 1.807) is 23.7 Å². The number of pyridine rings is 2. The third-order valence-corrected chi connectivity index (χ3v) is 2.77. The fourth-order valence-electron chi connectivity index (χ4n) is 1.33. The lowest BCUT2D eigenvalue weighted by atomic mass is 10.3. The number of hydrogen-bond acceptors (Lipinski definition) is 4. The molecular weight excluding hydrogens is 182 g/mol. The molecule has 0 amide bonds. The molecule has 13 heavy (non-hydrogen) atoms. The summed E-state index contributed by atoms with van der Waals surface area (Å²) in [4.78, 5) is 12.7. The van der Waals surface area contributed by atoms with E-state index in [1.807, 2.05) is 17.6 Å². The Bertz CT molecular complexity index is 573. The summed E-state index contributed by atoms with van der Waals surface area (Å²) < 4.78 is 1.12. The average molecular weight is 187 g/mol. The van der Waals surface area contributed by atoms with Gasteiger partial charge in [0.15, 0.2) is 0 Å². The van der Waals surface area contributed by atoms with Gasteiger partial charge in [-0.05, 0) is 12.1 Å². The first-order valence-electron chi connectivity index (χ1n) is 3.88. The number of fused-ring (bicyclic) bond motifs is 3. The highest BCUT2D eigenvalue weighted by Crippen LogP contribution is 2.23. The van der Waals surface area contributed by atoms with Gasteiger partial charge in [0.2, 0.25) is 0 Å². The van der Waals surface area contributed by atoms with E-state index in [4.69, 9.17) is 0 Å². The molecule has 0 atom stereocenters. The summed E-state index contributed by atoms with van der Waals surface area (Å²) in [6.45, 7) is 0. The van der Waals surface area contributed by atoms with Gasteiger partial charge in [-0.25, -0.2) is 4.98 Å². The van der Waals surface area contributed by atoms with Gasteiger partial charge < -0.3 is 0 Å². The molecule has 0 fully saturated rings. The standard InChI is InChI=1S/C9H5N3S/c1-2-6-8(10-3-1)9-7(4-11-6)12-5-13-9/h1-5H. The lowest BCUT2D eigenvalue weighted by Gasteiger charge is -1.94. The van der Waals surface area contributed by atoms with Crippen LogP contribution in [-0.4, -0.2) is 15.0 Å². The maximum Gasteiger partial charge on any atom is 0.108 e. The van der Waals surface area contributed by atoms with Crippen LogP contribution in [0.15, 0.2) is 30.0 Å². The first-order valence-corrected chi connectivity index (χ1v) is 4.76. The van der Waals surface area contributed by atoms with Crippen molar-refractivity contribution in [2.45, 2.75) is 0 Å². The number of thiazole rings is 1. The van der Waals surface area contributed by atoms with Crippen LogP contribution < -0.4 is 0 Å². The molecule has 0 radical (unpaired) electrons. The second-order valence-corrected chi connectivity index (χ2v) is 3.55. The molecule has 0 aliphatic rings. The van der Waals surface area contributed by atoms with Crippen LogP contribution in [0.2, 0.25) is 0 Å². The van der Waals surface area contributed by atoms with E-state index in [2.05, 4.69) is 15.0 Å². The van der Waals surface area contributed by atoms with Crippen LogP contribution in [0.3, 0.4) is 0 Å². The van der Waals surface area contributed by atoms with Gasteiger partial charge >= 0.3 is 0 Å². The van der Waals surface area contributed by atoms with Gasteiger partial charge in [0.25, 0.3) is 0 Å². The maximum absolute atomic E-state index is 4.29. The second kappa shape index (κ2) is 2.47. The molecule has 0 spiro atoms. The first kappa shape index (κ1) is 6.91. The Hall–Kier alpha value is -1.55. The van der Waals surface area contributed by atoms with Crippen molar-refractivity contribution in [1.82, 2.24) is 15.0 Å². The van der Waals surface area contributed by atoms with Crippen LogP contribution in [0.4, 0.5) is 0 Å². The lowest BCUT2D eigenvalue weighted by molar-refractivity contribution is 1.35. The predicted octanol–water partition coefficient (Wildman–Crippen LogP) is 2.24. The van der Waals surface area contributed by atoms with Crippen molar-refractivity contribution < 1.29 is 0 Å². The summed E-state index contributed by atoms with van der Waals surface area (Å²) in [5.74, 6) is 0. The first-order chi connectivity index (χ1) is 6.45. The average Bonchev–Trinajstić information content (AvgIpc) is 2.65. The molecule has 0 aliphatic heterocycles. The summed E-state index contributed by atoms with van der Waals surface area (Å²) in [6, 6.07) is 3.85. The Morgan fingerprint density at radius 2 is 2.08 bits per heavy atom.